The van der Waals surface area contributed by atoms with Crippen molar-refractivity contribution in [1.29, 1.82) is 0 Å². The number of nitrogens with zero attached hydrogens (tertiary/aromatic N) is 2. The predicted molar refractivity (Wildman–Crippen MR) is 277 cm³/mol. The quantitative estimate of drug-likeness (QED) is 0.0261. The first kappa shape index (κ1) is 57.4. The lowest BCUT2D eigenvalue weighted by atomic mass is 9.91. The van der Waals surface area contributed by atoms with Gasteiger partial charge in [-0.15, -0.1) is 0 Å². The molecule has 2 aliphatic heterocycles. The Hall–Kier alpha value is -0.760. The number of carbonyl (C=O) groups is 2. The number of unbranched alkanes of at least 4 members (excludes halogenated alkanes) is 22. The SMILES string of the molecule is CCCCCCCC/C=C\CCCCCCCC(=O)CCCC1CCN(CCSSCCN2CCC(CCOC(=O)CCCCCCC/C=C\CCCCCCCC)CC2)CC1. The first-order valence-electron chi connectivity index (χ1n) is 27.3. The molecule has 2 rings (SSSR count). The highest BCUT2D eigenvalue weighted by Gasteiger charge is 2.21. The van der Waals surface area contributed by atoms with Gasteiger partial charge in [-0.2, -0.15) is 0 Å². The summed E-state index contributed by atoms with van der Waals surface area (Å²) >= 11 is 0. The normalized spacial score (nSPS) is 16.0. The Morgan fingerprint density at radius 2 is 0.839 bits per heavy atom. The van der Waals surface area contributed by atoms with Gasteiger partial charge >= 0.3 is 5.97 Å². The average Bonchev–Trinajstić information content (AvgIpc) is 3.28. The van der Waals surface area contributed by atoms with Crippen molar-refractivity contribution in [3.05, 3.63) is 24.3 Å². The van der Waals surface area contributed by atoms with Gasteiger partial charge in [0.1, 0.15) is 5.78 Å². The van der Waals surface area contributed by atoms with Gasteiger partial charge in [-0.25, -0.2) is 0 Å². The van der Waals surface area contributed by atoms with Crippen molar-refractivity contribution in [1.82, 2.24) is 9.80 Å². The van der Waals surface area contributed by atoms with Crippen molar-refractivity contribution in [2.24, 2.45) is 11.8 Å². The number of esters is 1. The zero-order chi connectivity index (χ0) is 44.2. The molecule has 362 valence electrons. The Labute approximate surface area is 394 Å². The number of ketones is 1. The van der Waals surface area contributed by atoms with E-state index in [4.69, 9.17) is 4.74 Å². The maximum atomic E-state index is 12.5. The van der Waals surface area contributed by atoms with Crippen molar-refractivity contribution in [2.75, 3.05) is 57.4 Å². The van der Waals surface area contributed by atoms with Crippen LogP contribution in [-0.2, 0) is 14.3 Å². The molecule has 0 amide bonds. The molecule has 0 unspecified atom stereocenters. The smallest absolute Gasteiger partial charge is 0.305 e. The van der Waals surface area contributed by atoms with Gasteiger partial charge in [-0.05, 0) is 147 Å². The summed E-state index contributed by atoms with van der Waals surface area (Å²) in [4.78, 5) is 30.0. The van der Waals surface area contributed by atoms with Crippen molar-refractivity contribution in [2.45, 2.75) is 245 Å². The van der Waals surface area contributed by atoms with E-state index in [9.17, 15) is 9.59 Å². The molecule has 0 atom stereocenters. The van der Waals surface area contributed by atoms with Gasteiger partial charge in [0, 0.05) is 43.9 Å². The monoisotopic (exact) mass is 903 g/mol. The molecular formula is C55H102N2O3S2. The van der Waals surface area contributed by atoms with E-state index < -0.39 is 0 Å². The Morgan fingerprint density at radius 1 is 0.468 bits per heavy atom. The number of hydrogen-bond donors (Lipinski definition) is 0. The second kappa shape index (κ2) is 44.1. The fourth-order valence-corrected chi connectivity index (χ4v) is 11.4. The molecule has 0 aliphatic carbocycles. The van der Waals surface area contributed by atoms with Crippen LogP contribution in [0.2, 0.25) is 0 Å². The number of carbonyl (C=O) groups excluding carboxylic acids is 2. The molecule has 0 aromatic rings. The highest BCUT2D eigenvalue weighted by Crippen LogP contribution is 2.27. The van der Waals surface area contributed by atoms with Crippen LogP contribution in [0.15, 0.2) is 24.3 Å². The van der Waals surface area contributed by atoms with Gasteiger partial charge in [-0.3, -0.25) is 9.59 Å². The average molecular weight is 904 g/mol. The Bertz CT molecular complexity index is 971. The minimum Gasteiger partial charge on any atom is -0.466 e. The van der Waals surface area contributed by atoms with Crippen molar-refractivity contribution in [3.63, 3.8) is 0 Å². The van der Waals surface area contributed by atoms with Gasteiger partial charge in [0.25, 0.3) is 0 Å². The number of piperidine rings is 2. The first-order valence-corrected chi connectivity index (χ1v) is 29.8. The van der Waals surface area contributed by atoms with Crippen LogP contribution in [0.25, 0.3) is 0 Å². The summed E-state index contributed by atoms with van der Waals surface area (Å²) in [5, 5.41) is 0. The summed E-state index contributed by atoms with van der Waals surface area (Å²) in [6.07, 6.45) is 54.0. The van der Waals surface area contributed by atoms with E-state index in [-0.39, 0.29) is 5.97 Å². The van der Waals surface area contributed by atoms with Crippen molar-refractivity contribution in [3.8, 4) is 0 Å². The molecule has 7 heteroatoms. The van der Waals surface area contributed by atoms with Crippen LogP contribution in [0, 0.1) is 11.8 Å². The number of allylic oxidation sites excluding steroid dienone is 4. The van der Waals surface area contributed by atoms with Crippen LogP contribution in [-0.4, -0.2) is 78.9 Å². The maximum absolute atomic E-state index is 12.5. The van der Waals surface area contributed by atoms with E-state index >= 15 is 0 Å². The van der Waals surface area contributed by atoms with E-state index in [1.165, 1.54) is 231 Å². The Morgan fingerprint density at radius 3 is 1.29 bits per heavy atom. The summed E-state index contributed by atoms with van der Waals surface area (Å²) in [5.41, 5.74) is 0. The molecule has 0 aromatic heterocycles. The number of rotatable bonds is 44. The minimum absolute atomic E-state index is 0.0119. The van der Waals surface area contributed by atoms with Crippen LogP contribution in [0.4, 0.5) is 0 Å². The molecule has 2 saturated heterocycles. The molecule has 2 heterocycles. The molecule has 0 spiro atoms. The van der Waals surface area contributed by atoms with Crippen molar-refractivity contribution >= 4 is 33.3 Å². The topological polar surface area (TPSA) is 49.9 Å². The third kappa shape index (κ3) is 36.5. The molecular weight excluding hydrogens is 801 g/mol. The summed E-state index contributed by atoms with van der Waals surface area (Å²) < 4.78 is 5.62. The van der Waals surface area contributed by atoms with E-state index in [2.05, 4.69) is 69.5 Å². The molecule has 62 heavy (non-hydrogen) atoms. The van der Waals surface area contributed by atoms with Gasteiger partial charge in [-0.1, -0.05) is 162 Å². The van der Waals surface area contributed by atoms with Crippen LogP contribution < -0.4 is 0 Å². The second-order valence-corrected chi connectivity index (χ2v) is 22.0. The summed E-state index contributed by atoms with van der Waals surface area (Å²) in [5.74, 6) is 4.48. The fraction of sp³-hybridized carbons (Fsp3) is 0.891. The molecule has 0 saturated carbocycles. The molecule has 0 bridgehead atoms. The zero-order valence-corrected chi connectivity index (χ0v) is 42.9. The Balaban J connectivity index is 1.29. The molecule has 2 aliphatic rings. The van der Waals surface area contributed by atoms with E-state index in [0.717, 1.165) is 50.9 Å². The van der Waals surface area contributed by atoms with E-state index in [1.54, 1.807) is 0 Å². The van der Waals surface area contributed by atoms with E-state index in [1.807, 2.05) is 0 Å². The summed E-state index contributed by atoms with van der Waals surface area (Å²) in [6.45, 7) is 12.5. The Kier molecular flexibility index (Phi) is 40.8. The minimum atomic E-state index is 0.0119. The van der Waals surface area contributed by atoms with E-state index in [0.29, 0.717) is 24.7 Å². The molecule has 0 radical (unpaired) electrons. The third-order valence-corrected chi connectivity index (χ3v) is 16.1. The number of ether oxygens (including phenoxy) is 1. The zero-order valence-electron chi connectivity index (χ0n) is 41.2. The van der Waals surface area contributed by atoms with Crippen LogP contribution in [0.3, 0.4) is 0 Å². The lowest BCUT2D eigenvalue weighted by molar-refractivity contribution is -0.144. The first-order chi connectivity index (χ1) is 30.6. The van der Waals surface area contributed by atoms with Crippen LogP contribution in [0.5, 0.6) is 0 Å². The van der Waals surface area contributed by atoms with Gasteiger partial charge in [0.2, 0.25) is 0 Å². The molecule has 0 N–H and O–H groups in total. The van der Waals surface area contributed by atoms with Crippen LogP contribution in [0.1, 0.15) is 245 Å². The molecule has 2 fully saturated rings. The molecule has 5 nitrogen and oxygen atoms in total. The summed E-state index contributed by atoms with van der Waals surface area (Å²) in [6, 6.07) is 0. The standard InChI is InChI=1S/C55H102N2O3S2/c1-3-5-7-9-11-13-15-17-19-21-23-25-27-29-31-35-54(58)36-33-34-52-38-43-56(44-39-52)47-50-61-62-51-48-57-45-40-53(41-46-57)42-49-60-55(59)37-32-30-28-26-24-22-20-18-16-14-12-10-8-6-4-2/h17-20,52-53H,3-16,21-51H2,1-2H3/b19-17-,20-18-. The summed E-state index contributed by atoms with van der Waals surface area (Å²) in [7, 11) is 4.11. The van der Waals surface area contributed by atoms with Crippen LogP contribution >= 0.6 is 21.6 Å². The van der Waals surface area contributed by atoms with Gasteiger partial charge in [0.15, 0.2) is 0 Å². The fourth-order valence-electron chi connectivity index (χ4n) is 9.31. The lowest BCUT2D eigenvalue weighted by Crippen LogP contribution is -2.35. The number of hydrogen-bond acceptors (Lipinski definition) is 7. The highest BCUT2D eigenvalue weighted by atomic mass is 33.1. The predicted octanol–water partition coefficient (Wildman–Crippen LogP) is 16.5. The van der Waals surface area contributed by atoms with Crippen molar-refractivity contribution < 1.29 is 14.3 Å². The van der Waals surface area contributed by atoms with Gasteiger partial charge in [0.05, 0.1) is 6.61 Å². The molecule has 0 aromatic carbocycles. The third-order valence-electron chi connectivity index (χ3n) is 13.7. The van der Waals surface area contributed by atoms with Gasteiger partial charge < -0.3 is 14.5 Å². The largest absolute Gasteiger partial charge is 0.466 e. The highest BCUT2D eigenvalue weighted by molar-refractivity contribution is 8.76. The number of Topliss-reactive ketones (excluding diaryl/α,β-unsaturated/α-hetero) is 1. The maximum Gasteiger partial charge on any atom is 0.305 e. The second-order valence-electron chi connectivity index (χ2n) is 19.3. The lowest BCUT2D eigenvalue weighted by Gasteiger charge is -2.32. The number of likely N-dealkylation sites (tertiary alicyclic amines) is 2.